The Labute approximate surface area is 145 Å². The number of imide groups is 1. The van der Waals surface area contributed by atoms with Crippen LogP contribution in [0.5, 0.6) is 0 Å². The molecule has 1 aliphatic heterocycles. The van der Waals surface area contributed by atoms with Gasteiger partial charge in [0.15, 0.2) is 0 Å². The van der Waals surface area contributed by atoms with E-state index in [1.807, 2.05) is 12.1 Å². The van der Waals surface area contributed by atoms with Crippen molar-refractivity contribution in [1.82, 2.24) is 9.88 Å². The van der Waals surface area contributed by atoms with Crippen LogP contribution >= 0.6 is 11.8 Å². The summed E-state index contributed by atoms with van der Waals surface area (Å²) in [6.45, 7) is 7.37. The van der Waals surface area contributed by atoms with E-state index in [4.69, 9.17) is 0 Å². The molecular weight excluding hydrogens is 320 g/mol. The van der Waals surface area contributed by atoms with E-state index in [0.29, 0.717) is 4.91 Å². The maximum Gasteiger partial charge on any atom is 0.290 e. The molecular formula is C19H20N2O2S. The van der Waals surface area contributed by atoms with Gasteiger partial charge in [0.1, 0.15) is 0 Å². The van der Waals surface area contributed by atoms with Gasteiger partial charge in [-0.2, -0.15) is 0 Å². The molecule has 2 aromatic rings. The zero-order valence-electron chi connectivity index (χ0n) is 14.1. The Hall–Kier alpha value is -2.27. The number of nitrogens with zero attached hydrogens (tertiary/aromatic N) is 1. The quantitative estimate of drug-likeness (QED) is 0.648. The molecule has 2 heterocycles. The maximum absolute atomic E-state index is 11.7. The lowest BCUT2D eigenvalue weighted by Gasteiger charge is -2.08. The summed E-state index contributed by atoms with van der Waals surface area (Å²) in [7, 11) is 0. The summed E-state index contributed by atoms with van der Waals surface area (Å²) in [4.78, 5) is 23.5. The Morgan fingerprint density at radius 1 is 1.21 bits per heavy atom. The maximum atomic E-state index is 11.7. The Morgan fingerprint density at radius 3 is 2.67 bits per heavy atom. The van der Waals surface area contributed by atoms with E-state index in [9.17, 15) is 9.59 Å². The molecule has 0 atom stereocenters. The van der Waals surface area contributed by atoms with E-state index in [1.165, 1.54) is 11.1 Å². The summed E-state index contributed by atoms with van der Waals surface area (Å²) < 4.78 is 2.23. The SMILES string of the molecule is CC(C)=C(C)CCn1ccc2c(/C=C3\SC(=O)NC3=O)cccc21. The number of aryl methyl sites for hydroxylation is 1. The van der Waals surface area contributed by atoms with Gasteiger partial charge in [0.05, 0.1) is 4.91 Å². The van der Waals surface area contributed by atoms with E-state index in [1.54, 1.807) is 6.08 Å². The highest BCUT2D eigenvalue weighted by molar-refractivity contribution is 8.18. The van der Waals surface area contributed by atoms with E-state index in [2.05, 4.69) is 49.0 Å². The van der Waals surface area contributed by atoms with Crippen LogP contribution < -0.4 is 5.32 Å². The molecule has 1 N–H and O–H groups in total. The number of thioether (sulfide) groups is 1. The third-order valence-electron chi connectivity index (χ3n) is 4.36. The van der Waals surface area contributed by atoms with Gasteiger partial charge in [-0.3, -0.25) is 14.9 Å². The molecule has 0 saturated carbocycles. The summed E-state index contributed by atoms with van der Waals surface area (Å²) in [6.07, 6.45) is 4.89. The highest BCUT2D eigenvalue weighted by Gasteiger charge is 2.25. The van der Waals surface area contributed by atoms with Gasteiger partial charge in [0, 0.05) is 23.6 Å². The molecule has 0 unspecified atom stereocenters. The van der Waals surface area contributed by atoms with E-state index in [-0.39, 0.29) is 11.1 Å². The number of amides is 2. The summed E-state index contributed by atoms with van der Waals surface area (Å²) in [6, 6.07) is 8.11. The van der Waals surface area contributed by atoms with Crippen LogP contribution in [0, 0.1) is 0 Å². The van der Waals surface area contributed by atoms with Crippen molar-refractivity contribution < 1.29 is 9.59 Å². The predicted octanol–water partition coefficient (Wildman–Crippen LogP) is 4.71. The molecule has 1 aliphatic rings. The van der Waals surface area contributed by atoms with Crippen molar-refractivity contribution in [3.63, 3.8) is 0 Å². The number of aromatic nitrogens is 1. The molecule has 0 spiro atoms. The van der Waals surface area contributed by atoms with Gasteiger partial charge in [-0.15, -0.1) is 0 Å². The molecule has 1 fully saturated rings. The summed E-state index contributed by atoms with van der Waals surface area (Å²) in [5.41, 5.74) is 4.87. The molecule has 1 aromatic heterocycles. The molecule has 3 rings (SSSR count). The number of carbonyl (C=O) groups is 2. The van der Waals surface area contributed by atoms with Crippen LogP contribution in [-0.2, 0) is 11.3 Å². The number of rotatable bonds is 4. The Morgan fingerprint density at radius 2 is 2.00 bits per heavy atom. The van der Waals surface area contributed by atoms with Crippen LogP contribution in [0.3, 0.4) is 0 Å². The average molecular weight is 340 g/mol. The van der Waals surface area contributed by atoms with Gasteiger partial charge < -0.3 is 4.57 Å². The first-order chi connectivity index (χ1) is 11.5. The van der Waals surface area contributed by atoms with E-state index < -0.39 is 0 Å². The molecule has 5 heteroatoms. The highest BCUT2D eigenvalue weighted by atomic mass is 32.2. The second kappa shape index (κ2) is 6.69. The Bertz CT molecular complexity index is 886. The van der Waals surface area contributed by atoms with Crippen molar-refractivity contribution in [2.45, 2.75) is 33.7 Å². The summed E-state index contributed by atoms with van der Waals surface area (Å²) in [5, 5.41) is 3.07. The molecule has 1 aromatic carbocycles. The first kappa shape index (κ1) is 16.6. The molecule has 124 valence electrons. The zero-order chi connectivity index (χ0) is 17.3. The molecule has 2 amide bonds. The molecule has 4 nitrogen and oxygen atoms in total. The topological polar surface area (TPSA) is 51.1 Å². The lowest BCUT2D eigenvalue weighted by molar-refractivity contribution is -0.115. The van der Waals surface area contributed by atoms with Crippen LogP contribution in [0.25, 0.3) is 17.0 Å². The van der Waals surface area contributed by atoms with Crippen molar-refractivity contribution in [2.24, 2.45) is 0 Å². The molecule has 1 saturated heterocycles. The van der Waals surface area contributed by atoms with Crippen LogP contribution in [0.2, 0.25) is 0 Å². The number of nitrogens with one attached hydrogen (secondary N) is 1. The van der Waals surface area contributed by atoms with Gasteiger partial charge in [0.2, 0.25) is 0 Å². The fourth-order valence-corrected chi connectivity index (χ4v) is 3.34. The Balaban J connectivity index is 1.92. The number of carbonyl (C=O) groups excluding carboxylic acids is 2. The van der Waals surface area contributed by atoms with Gasteiger partial charge in [-0.1, -0.05) is 23.3 Å². The van der Waals surface area contributed by atoms with Crippen molar-refractivity contribution >= 4 is 39.9 Å². The normalized spacial score (nSPS) is 16.0. The average Bonchev–Trinajstić information content (AvgIpc) is 3.08. The van der Waals surface area contributed by atoms with Gasteiger partial charge in [-0.25, -0.2) is 0 Å². The van der Waals surface area contributed by atoms with Crippen molar-refractivity contribution in [1.29, 1.82) is 0 Å². The van der Waals surface area contributed by atoms with Crippen LogP contribution in [0.1, 0.15) is 32.8 Å². The first-order valence-corrected chi connectivity index (χ1v) is 8.73. The van der Waals surface area contributed by atoms with Gasteiger partial charge in [0.25, 0.3) is 11.1 Å². The number of hydrogen-bond donors (Lipinski definition) is 1. The van der Waals surface area contributed by atoms with Crippen LogP contribution in [-0.4, -0.2) is 15.7 Å². The van der Waals surface area contributed by atoms with E-state index >= 15 is 0 Å². The van der Waals surface area contributed by atoms with Crippen LogP contribution in [0.15, 0.2) is 46.5 Å². The first-order valence-electron chi connectivity index (χ1n) is 7.91. The third kappa shape index (κ3) is 3.31. The summed E-state index contributed by atoms with van der Waals surface area (Å²) in [5.74, 6) is -0.319. The second-order valence-corrected chi connectivity index (χ2v) is 7.19. The minimum atomic E-state index is -0.319. The molecule has 0 aliphatic carbocycles. The minimum absolute atomic E-state index is 0.312. The predicted molar refractivity (Wildman–Crippen MR) is 99.7 cm³/mol. The summed E-state index contributed by atoms with van der Waals surface area (Å²) >= 11 is 0.950. The molecule has 24 heavy (non-hydrogen) atoms. The standard InChI is InChI=1S/C19H20N2O2S/c1-12(2)13(3)7-9-21-10-8-15-14(5-4-6-16(15)21)11-17-18(22)20-19(23)24-17/h4-6,8,10-11H,7,9H2,1-3H3,(H,20,22,23)/b17-11-. The fourth-order valence-electron chi connectivity index (χ4n) is 2.67. The smallest absolute Gasteiger partial charge is 0.290 e. The van der Waals surface area contributed by atoms with Crippen molar-refractivity contribution in [3.8, 4) is 0 Å². The largest absolute Gasteiger partial charge is 0.347 e. The highest BCUT2D eigenvalue weighted by Crippen LogP contribution is 2.29. The zero-order valence-corrected chi connectivity index (χ0v) is 14.9. The number of benzene rings is 1. The third-order valence-corrected chi connectivity index (χ3v) is 5.17. The van der Waals surface area contributed by atoms with Gasteiger partial charge in [-0.05, 0) is 62.7 Å². The van der Waals surface area contributed by atoms with Gasteiger partial charge >= 0.3 is 0 Å². The number of fused-ring (bicyclic) bond motifs is 1. The molecule has 0 bridgehead atoms. The fraction of sp³-hybridized carbons (Fsp3) is 0.263. The number of allylic oxidation sites excluding steroid dienone is 2. The monoisotopic (exact) mass is 340 g/mol. The van der Waals surface area contributed by atoms with Crippen LogP contribution in [0.4, 0.5) is 4.79 Å². The second-order valence-electron chi connectivity index (χ2n) is 6.17. The van der Waals surface area contributed by atoms with Crippen molar-refractivity contribution in [3.05, 3.63) is 52.1 Å². The Kier molecular flexibility index (Phi) is 4.62. The minimum Gasteiger partial charge on any atom is -0.347 e. The lowest BCUT2D eigenvalue weighted by atomic mass is 10.1. The van der Waals surface area contributed by atoms with E-state index in [0.717, 1.165) is 41.2 Å². The molecule has 0 radical (unpaired) electrons. The number of hydrogen-bond acceptors (Lipinski definition) is 3. The lowest BCUT2D eigenvalue weighted by Crippen LogP contribution is -2.17. The van der Waals surface area contributed by atoms with Crippen molar-refractivity contribution in [2.75, 3.05) is 0 Å².